The number of benzene rings is 10. The van der Waals surface area contributed by atoms with Crippen molar-refractivity contribution in [1.29, 1.82) is 0 Å². The van der Waals surface area contributed by atoms with Gasteiger partial charge in [-0.1, -0.05) is 182 Å². The maximum Gasteiger partial charge on any atom is 0.306 e. The van der Waals surface area contributed by atoms with E-state index < -0.39 is 63.9 Å². The lowest BCUT2D eigenvalue weighted by atomic mass is 9.81. The van der Waals surface area contributed by atoms with E-state index >= 15 is 0 Å². The first kappa shape index (κ1) is 81.0. The Hall–Kier alpha value is -10.6. The molecule has 19 nitrogen and oxygen atoms in total. The normalized spacial score (nSPS) is 16.8. The highest BCUT2D eigenvalue weighted by Gasteiger charge is 2.45. The van der Waals surface area contributed by atoms with Crippen LogP contribution >= 0.6 is 0 Å². The van der Waals surface area contributed by atoms with Gasteiger partial charge in [0.25, 0.3) is 0 Å². The summed E-state index contributed by atoms with van der Waals surface area (Å²) in [4.78, 5) is 51.4. The smallest absolute Gasteiger partial charge is 0.306 e. The van der Waals surface area contributed by atoms with Gasteiger partial charge in [-0.3, -0.25) is 19.2 Å². The standard InChI is InChI=1S/C94H98O19Si2/c1-101-69-37-33-67(34-38-69)93(65-29-25-63(61-95)26-30-65)47-45-79-87-85(71-17-7-11-21-75(71)89(79)111-93)73-19-9-13-23-77(73)91(87)109-57-55-107-83(99)43-41-81(97)105-53-51-103-49-15-59-114(3,4)113-115(5,6)60-16-50-104-52-54-106-82(98)42-44-84(100)108-56-58-110-92-78-24-14-10-20-74(78)86-72-18-8-12-22-76(72)90-80(88(86)92)46-48-94(112-90,66-31-27-64(62-96)28-32-66)68-35-39-70(102-2)40-36-68/h7-14,17-40,45-48,91-92,95-96H,15-16,41-44,49-62H2,1-6H3. The fourth-order valence-corrected chi connectivity index (χ4v) is 25.1. The maximum atomic E-state index is 13.0. The fourth-order valence-electron chi connectivity index (χ4n) is 16.3. The molecule has 2 aliphatic heterocycles. The minimum atomic E-state index is -2.04. The van der Waals surface area contributed by atoms with Crippen molar-refractivity contribution in [1.82, 2.24) is 0 Å². The van der Waals surface area contributed by atoms with Crippen LogP contribution in [0.3, 0.4) is 0 Å². The van der Waals surface area contributed by atoms with Gasteiger partial charge in [0.1, 0.15) is 61.6 Å². The predicted molar refractivity (Wildman–Crippen MR) is 445 cm³/mol. The van der Waals surface area contributed by atoms with Crippen molar-refractivity contribution in [2.24, 2.45) is 0 Å². The molecule has 2 N–H and O–H groups in total. The Kier molecular flexibility index (Phi) is 25.7. The van der Waals surface area contributed by atoms with Crippen molar-refractivity contribution in [2.45, 2.75) is 113 Å². The molecule has 0 spiro atoms. The molecule has 2 aliphatic carbocycles. The first-order valence-corrected chi connectivity index (χ1v) is 45.7. The minimum Gasteiger partial charge on any atom is -0.497 e. The number of hydrogen-bond donors (Lipinski definition) is 2. The zero-order valence-corrected chi connectivity index (χ0v) is 67.9. The van der Waals surface area contributed by atoms with Gasteiger partial charge in [0.2, 0.25) is 0 Å². The number of ether oxygens (including phenoxy) is 12. The van der Waals surface area contributed by atoms with E-state index in [0.29, 0.717) is 24.7 Å². The van der Waals surface area contributed by atoms with Crippen molar-refractivity contribution < 1.29 is 90.3 Å². The van der Waals surface area contributed by atoms with Gasteiger partial charge < -0.3 is 71.2 Å². The predicted octanol–water partition coefficient (Wildman–Crippen LogP) is 17.5. The Bertz CT molecular complexity index is 4770. The van der Waals surface area contributed by atoms with E-state index in [1.54, 1.807) is 14.2 Å². The highest BCUT2D eigenvalue weighted by Crippen LogP contribution is 2.59. The highest BCUT2D eigenvalue weighted by atomic mass is 28.4. The lowest BCUT2D eigenvalue weighted by Crippen LogP contribution is -2.44. The van der Waals surface area contributed by atoms with Crippen molar-refractivity contribution in [3.8, 4) is 45.3 Å². The average molecular weight is 1590 g/mol. The third kappa shape index (κ3) is 18.0. The quantitative estimate of drug-likeness (QED) is 0.0159. The fraction of sp³-hybridized carbons (Fsp3) is 0.319. The van der Waals surface area contributed by atoms with Crippen molar-refractivity contribution in [2.75, 3.05) is 80.3 Å². The number of aliphatic hydroxyl groups is 2. The van der Waals surface area contributed by atoms with E-state index in [4.69, 9.17) is 61.0 Å². The van der Waals surface area contributed by atoms with E-state index in [9.17, 15) is 29.4 Å². The second kappa shape index (κ2) is 36.5. The van der Waals surface area contributed by atoms with Crippen LogP contribution in [-0.2, 0) is 85.6 Å². The molecule has 0 fully saturated rings. The SMILES string of the molecule is COc1ccc(C2(c3ccc(CO)cc3)C=Cc3c4c(c5ccccc5c3O2)-c2ccccc2C4OCCOC(=O)CCC(=O)OCCOCCC[Si](C)(C)O[Si](C)(C)CCCOCCOC(=O)CCC(=O)OCCOC2c3ccccc3-c3c2c2c(c4ccccc34)OC(c3ccc(CO)cc3)(c3ccc(OC)cc3)C=C2)cc1. The van der Waals surface area contributed by atoms with Crippen LogP contribution in [0.25, 0.3) is 56.0 Å². The summed E-state index contributed by atoms with van der Waals surface area (Å²) >= 11 is 0. The molecule has 0 saturated carbocycles. The molecular formula is C94H98O19Si2. The van der Waals surface area contributed by atoms with E-state index in [-0.39, 0.29) is 91.8 Å². The third-order valence-electron chi connectivity index (χ3n) is 21.7. The first-order chi connectivity index (χ1) is 55.9. The molecule has 10 aromatic rings. The number of rotatable bonds is 38. The summed E-state index contributed by atoms with van der Waals surface area (Å²) in [6.07, 6.45) is 8.45. The Morgan fingerprint density at radius 3 is 1.08 bits per heavy atom. The Morgan fingerprint density at radius 2 is 0.722 bits per heavy atom. The lowest BCUT2D eigenvalue weighted by Gasteiger charge is -2.38. The largest absolute Gasteiger partial charge is 0.497 e. The summed E-state index contributed by atoms with van der Waals surface area (Å²) in [6, 6.07) is 66.0. The van der Waals surface area contributed by atoms with Gasteiger partial charge in [0.05, 0.1) is 79.5 Å². The van der Waals surface area contributed by atoms with Crippen LogP contribution in [0.2, 0.25) is 38.3 Å². The number of aliphatic hydroxyl groups excluding tert-OH is 2. The monoisotopic (exact) mass is 1590 g/mol. The van der Waals surface area contributed by atoms with Crippen LogP contribution in [0.5, 0.6) is 23.0 Å². The van der Waals surface area contributed by atoms with Gasteiger partial charge in [-0.2, -0.15) is 0 Å². The molecule has 0 bridgehead atoms. The molecule has 4 atom stereocenters. The average Bonchev–Trinajstić information content (AvgIpc) is 1.62. The molecule has 0 amide bonds. The molecule has 14 rings (SSSR count). The van der Waals surface area contributed by atoms with Gasteiger partial charge in [-0.25, -0.2) is 0 Å². The Labute approximate surface area is 672 Å². The van der Waals surface area contributed by atoms with E-state index in [0.717, 1.165) is 147 Å². The van der Waals surface area contributed by atoms with Crippen LogP contribution in [0.4, 0.5) is 0 Å². The van der Waals surface area contributed by atoms with Gasteiger partial charge in [0, 0.05) is 68.5 Å². The van der Waals surface area contributed by atoms with E-state index in [2.05, 4.69) is 99.0 Å². The molecular weight excluding hydrogens is 1490 g/mol. The van der Waals surface area contributed by atoms with Crippen molar-refractivity contribution >= 4 is 74.2 Å². The number of fused-ring (bicyclic) bond motifs is 16. The number of carbonyl (C=O) groups is 4. The summed E-state index contributed by atoms with van der Waals surface area (Å²) in [7, 11) is -0.809. The maximum absolute atomic E-state index is 13.0. The summed E-state index contributed by atoms with van der Waals surface area (Å²) in [6.45, 7) is 10.4. The van der Waals surface area contributed by atoms with Gasteiger partial charge >= 0.3 is 23.9 Å². The van der Waals surface area contributed by atoms with Crippen molar-refractivity contribution in [3.05, 3.63) is 273 Å². The van der Waals surface area contributed by atoms with E-state index in [1.165, 1.54) is 0 Å². The van der Waals surface area contributed by atoms with Gasteiger partial charge in [0.15, 0.2) is 27.8 Å². The summed E-state index contributed by atoms with van der Waals surface area (Å²) < 4.78 is 79.8. The molecule has 10 aromatic carbocycles. The number of hydrogen-bond acceptors (Lipinski definition) is 19. The topological polar surface area (TPSA) is 229 Å². The second-order valence-electron chi connectivity index (χ2n) is 30.3. The number of esters is 4. The zero-order valence-electron chi connectivity index (χ0n) is 65.9. The lowest BCUT2D eigenvalue weighted by molar-refractivity contribution is -0.152. The molecule has 4 aliphatic rings. The zero-order chi connectivity index (χ0) is 80.1. The molecule has 596 valence electrons. The number of methoxy groups -OCH3 is 2. The van der Waals surface area contributed by atoms with Crippen LogP contribution in [0.15, 0.2) is 206 Å². The highest BCUT2D eigenvalue weighted by molar-refractivity contribution is 6.84. The molecule has 4 unspecified atom stereocenters. The summed E-state index contributed by atoms with van der Waals surface area (Å²) in [5, 5.41) is 23.8. The minimum absolute atomic E-state index is 0.0223. The van der Waals surface area contributed by atoms with Crippen LogP contribution in [0.1, 0.15) is 117 Å². The molecule has 0 saturated heterocycles. The molecule has 0 radical (unpaired) electrons. The second-order valence-corrected chi connectivity index (χ2v) is 39.1. The third-order valence-corrected chi connectivity index (χ3v) is 29.2. The van der Waals surface area contributed by atoms with Gasteiger partial charge in [-0.15, -0.1) is 0 Å². The first-order valence-electron chi connectivity index (χ1n) is 39.5. The van der Waals surface area contributed by atoms with Crippen LogP contribution in [0, 0.1) is 0 Å². The Balaban J connectivity index is 0.460. The van der Waals surface area contributed by atoms with Crippen molar-refractivity contribution in [3.63, 3.8) is 0 Å². The van der Waals surface area contributed by atoms with Gasteiger partial charge in [-0.05, 0) is 143 Å². The molecule has 21 heteroatoms. The molecule has 115 heavy (non-hydrogen) atoms. The summed E-state index contributed by atoms with van der Waals surface area (Å²) in [5.74, 6) is 0.751. The van der Waals surface area contributed by atoms with Crippen LogP contribution in [-0.4, -0.2) is 131 Å². The van der Waals surface area contributed by atoms with Crippen LogP contribution < -0.4 is 18.9 Å². The van der Waals surface area contributed by atoms with E-state index in [1.807, 2.05) is 146 Å². The molecule has 2 heterocycles. The summed E-state index contributed by atoms with van der Waals surface area (Å²) in [5.41, 5.74) is 13.0. The number of carbonyl (C=O) groups excluding carboxylic acids is 4. The Morgan fingerprint density at radius 1 is 0.391 bits per heavy atom. The molecule has 0 aromatic heterocycles.